The lowest BCUT2D eigenvalue weighted by Crippen LogP contribution is -2.18. The van der Waals surface area contributed by atoms with Crippen LogP contribution < -0.4 is 10.1 Å². The molecule has 1 aliphatic rings. The molecule has 0 fully saturated rings. The second-order valence-corrected chi connectivity index (χ2v) is 5.38. The monoisotopic (exact) mass is 307 g/mol. The molecular weight excluding hydrogens is 291 g/mol. The predicted octanol–water partition coefficient (Wildman–Crippen LogP) is 4.81. The molecule has 0 spiro atoms. The van der Waals surface area contributed by atoms with Crippen molar-refractivity contribution in [2.24, 2.45) is 0 Å². The summed E-state index contributed by atoms with van der Waals surface area (Å²) >= 11 is 0. The number of fused-ring (bicyclic) bond motifs is 1. The lowest BCUT2D eigenvalue weighted by molar-refractivity contribution is -0.137. The third-order valence-electron chi connectivity index (χ3n) is 3.98. The molecule has 0 unspecified atom stereocenters. The van der Waals surface area contributed by atoms with Crippen LogP contribution in [0.2, 0.25) is 0 Å². The number of nitrogens with one attached hydrogen (secondary N) is 1. The van der Waals surface area contributed by atoms with E-state index in [2.05, 4.69) is 5.32 Å². The molecule has 0 aromatic heterocycles. The van der Waals surface area contributed by atoms with E-state index < -0.39 is 11.7 Å². The van der Waals surface area contributed by atoms with E-state index in [1.807, 2.05) is 18.2 Å². The topological polar surface area (TPSA) is 21.3 Å². The molecular formula is C17H16F3NO. The molecule has 0 bridgehead atoms. The molecule has 0 aliphatic carbocycles. The highest BCUT2D eigenvalue weighted by molar-refractivity contribution is 5.57. The number of alkyl halides is 3. The predicted molar refractivity (Wildman–Crippen MR) is 79.1 cm³/mol. The minimum Gasteiger partial charge on any atom is -0.497 e. The summed E-state index contributed by atoms with van der Waals surface area (Å²) < 4.78 is 43.0. The third kappa shape index (κ3) is 2.89. The van der Waals surface area contributed by atoms with Gasteiger partial charge in [0.25, 0.3) is 0 Å². The van der Waals surface area contributed by atoms with Gasteiger partial charge in [0.05, 0.1) is 18.7 Å². The Kier molecular flexibility index (Phi) is 3.72. The standard InChI is InChI=1S/C17H16F3NO/c1-22-14-7-9-16-12(10-14)4-8-15(21-16)11-2-5-13(6-3-11)17(18,19)20/h2-3,5-7,9-10,15,21H,4,8H2,1H3/t15-/m0/s1. The van der Waals surface area contributed by atoms with E-state index in [1.165, 1.54) is 5.56 Å². The zero-order chi connectivity index (χ0) is 15.7. The molecule has 2 nitrogen and oxygen atoms in total. The molecule has 2 aromatic carbocycles. The van der Waals surface area contributed by atoms with Crippen LogP contribution in [0.25, 0.3) is 0 Å². The van der Waals surface area contributed by atoms with Crippen molar-refractivity contribution in [2.75, 3.05) is 12.4 Å². The number of benzene rings is 2. The van der Waals surface area contributed by atoms with E-state index in [0.29, 0.717) is 0 Å². The smallest absolute Gasteiger partial charge is 0.416 e. The summed E-state index contributed by atoms with van der Waals surface area (Å²) in [5.41, 5.74) is 2.44. The highest BCUT2D eigenvalue weighted by Crippen LogP contribution is 2.36. The normalized spacial score (nSPS) is 17.5. The molecule has 0 saturated carbocycles. The number of hydrogen-bond donors (Lipinski definition) is 1. The van der Waals surface area contributed by atoms with Gasteiger partial charge in [0.1, 0.15) is 5.75 Å². The van der Waals surface area contributed by atoms with E-state index in [0.717, 1.165) is 42.0 Å². The lowest BCUT2D eigenvalue weighted by Gasteiger charge is -2.28. The second kappa shape index (κ2) is 5.55. The van der Waals surface area contributed by atoms with Gasteiger partial charge in [0, 0.05) is 5.69 Å². The quantitative estimate of drug-likeness (QED) is 0.859. The first-order valence-corrected chi connectivity index (χ1v) is 7.08. The fourth-order valence-corrected chi connectivity index (χ4v) is 2.76. The maximum Gasteiger partial charge on any atom is 0.416 e. The fraction of sp³-hybridized carbons (Fsp3) is 0.294. The Morgan fingerprint density at radius 3 is 2.45 bits per heavy atom. The summed E-state index contributed by atoms with van der Waals surface area (Å²) in [5.74, 6) is 0.813. The Bertz CT molecular complexity index is 665. The van der Waals surface area contributed by atoms with Crippen LogP contribution in [-0.2, 0) is 12.6 Å². The Morgan fingerprint density at radius 1 is 1.09 bits per heavy atom. The van der Waals surface area contributed by atoms with Gasteiger partial charge >= 0.3 is 6.18 Å². The zero-order valence-electron chi connectivity index (χ0n) is 12.1. The molecule has 0 amide bonds. The maximum atomic E-state index is 12.6. The maximum absolute atomic E-state index is 12.6. The van der Waals surface area contributed by atoms with Crippen molar-refractivity contribution in [3.05, 3.63) is 59.2 Å². The molecule has 2 aromatic rings. The number of rotatable bonds is 2. The molecule has 3 rings (SSSR count). The van der Waals surface area contributed by atoms with Crippen molar-refractivity contribution in [3.63, 3.8) is 0 Å². The van der Waals surface area contributed by atoms with Crippen LogP contribution in [0.4, 0.5) is 18.9 Å². The van der Waals surface area contributed by atoms with Crippen LogP contribution in [0.3, 0.4) is 0 Å². The highest BCUT2D eigenvalue weighted by atomic mass is 19.4. The van der Waals surface area contributed by atoms with Crippen molar-refractivity contribution in [1.82, 2.24) is 0 Å². The first kappa shape index (κ1) is 14.8. The Morgan fingerprint density at radius 2 is 1.82 bits per heavy atom. The van der Waals surface area contributed by atoms with Gasteiger partial charge in [-0.15, -0.1) is 0 Å². The average molecular weight is 307 g/mol. The summed E-state index contributed by atoms with van der Waals surface area (Å²) in [6, 6.07) is 11.2. The van der Waals surface area contributed by atoms with Crippen molar-refractivity contribution in [1.29, 1.82) is 0 Å². The number of aryl methyl sites for hydroxylation is 1. The molecule has 1 heterocycles. The highest BCUT2D eigenvalue weighted by Gasteiger charge is 2.30. The van der Waals surface area contributed by atoms with Crippen LogP contribution in [0.1, 0.15) is 29.2 Å². The summed E-state index contributed by atoms with van der Waals surface area (Å²) in [6.45, 7) is 0. The Hall–Kier alpha value is -2.17. The lowest BCUT2D eigenvalue weighted by atomic mass is 9.93. The summed E-state index contributed by atoms with van der Waals surface area (Å²) in [4.78, 5) is 0. The van der Waals surface area contributed by atoms with Gasteiger partial charge in [-0.2, -0.15) is 13.2 Å². The SMILES string of the molecule is COc1ccc2c(c1)CC[C@@H](c1ccc(C(F)(F)F)cc1)N2. The van der Waals surface area contributed by atoms with E-state index in [4.69, 9.17) is 4.74 Å². The molecule has 1 N–H and O–H groups in total. The molecule has 22 heavy (non-hydrogen) atoms. The number of methoxy groups -OCH3 is 1. The minimum atomic E-state index is -4.29. The van der Waals surface area contributed by atoms with Crippen LogP contribution in [0, 0.1) is 0 Å². The van der Waals surface area contributed by atoms with E-state index in [-0.39, 0.29) is 6.04 Å². The van der Waals surface area contributed by atoms with Crippen molar-refractivity contribution < 1.29 is 17.9 Å². The molecule has 0 radical (unpaired) electrons. The van der Waals surface area contributed by atoms with Gasteiger partial charge in [-0.3, -0.25) is 0 Å². The molecule has 116 valence electrons. The number of anilines is 1. The number of halogens is 3. The first-order valence-electron chi connectivity index (χ1n) is 7.08. The number of hydrogen-bond acceptors (Lipinski definition) is 2. The first-order chi connectivity index (χ1) is 10.5. The molecule has 0 saturated heterocycles. The fourth-order valence-electron chi connectivity index (χ4n) is 2.76. The van der Waals surface area contributed by atoms with Crippen molar-refractivity contribution >= 4 is 5.69 Å². The van der Waals surface area contributed by atoms with Crippen LogP contribution in [0.15, 0.2) is 42.5 Å². The van der Waals surface area contributed by atoms with Gasteiger partial charge in [0.15, 0.2) is 0 Å². The average Bonchev–Trinajstić information content (AvgIpc) is 2.53. The van der Waals surface area contributed by atoms with E-state index in [1.54, 1.807) is 19.2 Å². The van der Waals surface area contributed by atoms with Gasteiger partial charge in [0.2, 0.25) is 0 Å². The van der Waals surface area contributed by atoms with E-state index >= 15 is 0 Å². The van der Waals surface area contributed by atoms with Crippen LogP contribution in [0.5, 0.6) is 5.75 Å². The van der Waals surface area contributed by atoms with Gasteiger partial charge < -0.3 is 10.1 Å². The Balaban J connectivity index is 1.79. The van der Waals surface area contributed by atoms with Gasteiger partial charge in [-0.05, 0) is 54.3 Å². The number of ether oxygens (including phenoxy) is 1. The minimum absolute atomic E-state index is 0.0307. The molecule has 1 aliphatic heterocycles. The summed E-state index contributed by atoms with van der Waals surface area (Å²) in [6.07, 6.45) is -2.58. The van der Waals surface area contributed by atoms with Crippen LogP contribution >= 0.6 is 0 Å². The van der Waals surface area contributed by atoms with Gasteiger partial charge in [-0.25, -0.2) is 0 Å². The van der Waals surface area contributed by atoms with Crippen molar-refractivity contribution in [3.8, 4) is 5.75 Å². The summed E-state index contributed by atoms with van der Waals surface area (Å²) in [5, 5.41) is 3.39. The van der Waals surface area contributed by atoms with Crippen LogP contribution in [-0.4, -0.2) is 7.11 Å². The Labute approximate surface area is 126 Å². The largest absolute Gasteiger partial charge is 0.497 e. The summed E-state index contributed by atoms with van der Waals surface area (Å²) in [7, 11) is 1.63. The molecule has 5 heteroatoms. The molecule has 1 atom stereocenters. The second-order valence-electron chi connectivity index (χ2n) is 5.38. The van der Waals surface area contributed by atoms with Crippen molar-refractivity contribution in [2.45, 2.75) is 25.1 Å². The van der Waals surface area contributed by atoms with Gasteiger partial charge in [-0.1, -0.05) is 12.1 Å². The zero-order valence-corrected chi connectivity index (χ0v) is 12.1. The van der Waals surface area contributed by atoms with E-state index in [9.17, 15) is 13.2 Å². The third-order valence-corrected chi connectivity index (χ3v) is 3.98.